The average molecular weight is 542 g/mol. The van der Waals surface area contributed by atoms with Crippen LogP contribution in [-0.2, 0) is 13.6 Å². The number of hydrogen-bond donors (Lipinski definition) is 5. The highest BCUT2D eigenvalue weighted by Gasteiger charge is 2.43. The molecule has 0 amide bonds. The number of pyridine rings is 2. The summed E-state index contributed by atoms with van der Waals surface area (Å²) < 4.78 is 43.6. The number of piperidine rings is 1. The van der Waals surface area contributed by atoms with Crippen LogP contribution in [0.1, 0.15) is 18.4 Å². The molecule has 1 aliphatic heterocycles. The maximum absolute atomic E-state index is 15.2. The number of benzene rings is 1. The van der Waals surface area contributed by atoms with Crippen LogP contribution >= 0.6 is 0 Å². The summed E-state index contributed by atoms with van der Waals surface area (Å²) in [6, 6.07) is 6.50. The summed E-state index contributed by atoms with van der Waals surface area (Å²) in [5.41, 5.74) is 20.1. The third-order valence-electron chi connectivity index (χ3n) is 7.29. The molecular formula is C26H30F3N9O. The van der Waals surface area contributed by atoms with Crippen LogP contribution in [-0.4, -0.2) is 56.0 Å². The quantitative estimate of drug-likeness (QED) is 0.237. The van der Waals surface area contributed by atoms with Crippen molar-refractivity contribution in [3.63, 3.8) is 0 Å². The second kappa shape index (κ2) is 10.2. The summed E-state index contributed by atoms with van der Waals surface area (Å²) in [6.07, 6.45) is 0.534. The summed E-state index contributed by atoms with van der Waals surface area (Å²) >= 11 is 0. The predicted molar refractivity (Wildman–Crippen MR) is 145 cm³/mol. The van der Waals surface area contributed by atoms with E-state index >= 15 is 4.39 Å². The number of aryl methyl sites for hydroxylation is 1. The number of hydrogen-bond acceptors (Lipinski definition) is 9. The number of alkyl halides is 2. The number of nitrogens with two attached hydrogens (primary N) is 3. The first-order valence-corrected chi connectivity index (χ1v) is 12.4. The maximum Gasteiger partial charge on any atom is 0.265 e. The van der Waals surface area contributed by atoms with E-state index in [9.17, 15) is 13.9 Å². The average Bonchev–Trinajstić information content (AvgIpc) is 3.27. The Bertz CT molecular complexity index is 1510. The van der Waals surface area contributed by atoms with E-state index in [0.717, 1.165) is 5.39 Å². The van der Waals surface area contributed by atoms with Crippen LogP contribution in [0.3, 0.4) is 0 Å². The van der Waals surface area contributed by atoms with Crippen molar-refractivity contribution < 1.29 is 18.3 Å². The fourth-order valence-electron chi connectivity index (χ4n) is 5.08. The molecule has 0 radical (unpaired) electrons. The zero-order valence-corrected chi connectivity index (χ0v) is 21.3. The van der Waals surface area contributed by atoms with Gasteiger partial charge >= 0.3 is 0 Å². The molecule has 5 rings (SSSR count). The van der Waals surface area contributed by atoms with E-state index in [0.29, 0.717) is 41.1 Å². The Labute approximate surface area is 222 Å². The normalized spacial score (nSPS) is 18.6. The SMILES string of the molecule is Cn1ncc2cc(-c3cc(CNc4ccnc(N)c4N)c(N4CCC[C@](N)([C@H](O)C(F)F)C4)cn3)c(F)cc21. The Kier molecular flexibility index (Phi) is 6.95. The minimum atomic E-state index is -2.97. The van der Waals surface area contributed by atoms with Gasteiger partial charge in [0.15, 0.2) is 0 Å². The lowest BCUT2D eigenvalue weighted by Crippen LogP contribution is -2.63. The number of nitrogen functional groups attached to an aromatic ring is 2. The molecular weight excluding hydrogens is 511 g/mol. The maximum atomic E-state index is 15.2. The Morgan fingerprint density at radius 2 is 1.97 bits per heavy atom. The topological polar surface area (TPSA) is 157 Å². The smallest absolute Gasteiger partial charge is 0.265 e. The summed E-state index contributed by atoms with van der Waals surface area (Å²) in [6.45, 7) is 0.733. The van der Waals surface area contributed by atoms with Gasteiger partial charge in [-0.1, -0.05) is 0 Å². The van der Waals surface area contributed by atoms with E-state index in [1.807, 2.05) is 4.90 Å². The lowest BCUT2D eigenvalue weighted by molar-refractivity contribution is -0.0529. The monoisotopic (exact) mass is 541 g/mol. The van der Waals surface area contributed by atoms with Gasteiger partial charge in [0.2, 0.25) is 0 Å². The van der Waals surface area contributed by atoms with Crippen LogP contribution in [0.2, 0.25) is 0 Å². The molecule has 0 saturated carbocycles. The number of nitrogens with one attached hydrogen (secondary N) is 1. The van der Waals surface area contributed by atoms with Crippen molar-refractivity contribution in [2.75, 3.05) is 34.8 Å². The number of fused-ring (bicyclic) bond motifs is 1. The summed E-state index contributed by atoms with van der Waals surface area (Å²) in [4.78, 5) is 10.3. The summed E-state index contributed by atoms with van der Waals surface area (Å²) in [7, 11) is 1.73. The number of aromatic nitrogens is 4. The minimum absolute atomic E-state index is 0.00706. The molecule has 1 saturated heterocycles. The first-order valence-electron chi connectivity index (χ1n) is 12.4. The Morgan fingerprint density at radius 1 is 1.18 bits per heavy atom. The molecule has 13 heteroatoms. The molecule has 1 aliphatic rings. The van der Waals surface area contributed by atoms with Crippen molar-refractivity contribution in [1.29, 1.82) is 0 Å². The van der Waals surface area contributed by atoms with Crippen molar-refractivity contribution in [3.05, 3.63) is 54.2 Å². The lowest BCUT2D eigenvalue weighted by Gasteiger charge is -2.44. The van der Waals surface area contributed by atoms with Crippen LogP contribution in [0.5, 0.6) is 0 Å². The van der Waals surface area contributed by atoms with Crippen molar-refractivity contribution in [1.82, 2.24) is 19.7 Å². The first kappa shape index (κ1) is 26.5. The molecule has 1 aromatic carbocycles. The molecule has 3 aromatic heterocycles. The minimum Gasteiger partial charge on any atom is -0.394 e. The highest BCUT2D eigenvalue weighted by molar-refractivity contribution is 5.84. The zero-order chi connectivity index (χ0) is 27.9. The van der Waals surface area contributed by atoms with Gasteiger partial charge in [-0.05, 0) is 36.6 Å². The van der Waals surface area contributed by atoms with Crippen LogP contribution in [0.25, 0.3) is 22.2 Å². The molecule has 0 aliphatic carbocycles. The van der Waals surface area contributed by atoms with E-state index < -0.39 is 23.9 Å². The number of nitrogens with zero attached hydrogens (tertiary/aromatic N) is 5. The second-order valence-corrected chi connectivity index (χ2v) is 9.91. The number of halogens is 3. The van der Waals surface area contributed by atoms with E-state index in [2.05, 4.69) is 20.4 Å². The molecule has 10 nitrogen and oxygen atoms in total. The lowest BCUT2D eigenvalue weighted by atomic mass is 9.84. The molecule has 0 bridgehead atoms. The van der Waals surface area contributed by atoms with E-state index in [1.54, 1.807) is 42.3 Å². The van der Waals surface area contributed by atoms with Crippen molar-refractivity contribution in [2.24, 2.45) is 12.8 Å². The van der Waals surface area contributed by atoms with Gasteiger partial charge in [0, 0.05) is 49.9 Å². The van der Waals surface area contributed by atoms with Crippen molar-refractivity contribution >= 4 is 33.8 Å². The van der Waals surface area contributed by atoms with E-state index in [-0.39, 0.29) is 36.6 Å². The number of aliphatic hydroxyl groups excluding tert-OH is 1. The molecule has 1 fully saturated rings. The van der Waals surface area contributed by atoms with Crippen molar-refractivity contribution in [2.45, 2.75) is 37.5 Å². The Morgan fingerprint density at radius 3 is 2.74 bits per heavy atom. The van der Waals surface area contributed by atoms with Gasteiger partial charge in [0.05, 0.1) is 46.2 Å². The Hall–Kier alpha value is -4.10. The first-order chi connectivity index (χ1) is 18.6. The Balaban J connectivity index is 1.54. The van der Waals surface area contributed by atoms with Gasteiger partial charge in [-0.25, -0.2) is 18.2 Å². The molecule has 4 aromatic rings. The standard InChI is InChI=1S/C26H30F3N9O/c1-37-20-9-17(27)16(7-14(20)11-36-37)19-8-15(10-34-18-3-5-33-25(31)22(18)30)21(12-35-19)38-6-2-4-26(32,13-38)23(39)24(28)29/h3,5,7-9,11-12,23-24,39H,2,4,6,10,13,30,32H2,1H3,(H3,31,33,34)/t23-,26-/m1/s1. The fraction of sp³-hybridized carbons (Fsp3) is 0.346. The van der Waals surface area contributed by atoms with Crippen LogP contribution < -0.4 is 27.4 Å². The molecule has 0 unspecified atom stereocenters. The zero-order valence-electron chi connectivity index (χ0n) is 21.3. The van der Waals surface area contributed by atoms with E-state index in [1.165, 1.54) is 12.3 Å². The molecule has 206 valence electrons. The number of rotatable bonds is 7. The predicted octanol–water partition coefficient (Wildman–Crippen LogP) is 2.87. The molecule has 4 heterocycles. The highest BCUT2D eigenvalue weighted by atomic mass is 19.3. The third kappa shape index (κ3) is 5.02. The van der Waals surface area contributed by atoms with Crippen LogP contribution in [0, 0.1) is 5.82 Å². The second-order valence-electron chi connectivity index (χ2n) is 9.91. The molecule has 0 spiro atoms. The largest absolute Gasteiger partial charge is 0.394 e. The number of anilines is 4. The fourth-order valence-corrected chi connectivity index (χ4v) is 5.08. The van der Waals surface area contributed by atoms with Crippen LogP contribution in [0.4, 0.5) is 36.1 Å². The summed E-state index contributed by atoms with van der Waals surface area (Å²) in [5.74, 6) is -0.289. The third-order valence-corrected chi connectivity index (χ3v) is 7.29. The van der Waals surface area contributed by atoms with Gasteiger partial charge in [-0.15, -0.1) is 0 Å². The van der Waals surface area contributed by atoms with Crippen LogP contribution in [0.15, 0.2) is 42.9 Å². The van der Waals surface area contributed by atoms with Crippen molar-refractivity contribution in [3.8, 4) is 11.3 Å². The van der Waals surface area contributed by atoms with E-state index in [4.69, 9.17) is 17.2 Å². The van der Waals surface area contributed by atoms with Gasteiger partial charge in [-0.3, -0.25) is 9.67 Å². The highest BCUT2D eigenvalue weighted by Crippen LogP contribution is 2.34. The summed E-state index contributed by atoms with van der Waals surface area (Å²) in [5, 5.41) is 18.3. The molecule has 2 atom stereocenters. The van der Waals surface area contributed by atoms with Gasteiger partial charge in [0.25, 0.3) is 6.43 Å². The van der Waals surface area contributed by atoms with Gasteiger partial charge in [-0.2, -0.15) is 5.10 Å². The number of aliphatic hydroxyl groups is 1. The van der Waals surface area contributed by atoms with Gasteiger partial charge in [0.1, 0.15) is 17.7 Å². The molecule has 39 heavy (non-hydrogen) atoms. The van der Waals surface area contributed by atoms with Gasteiger partial charge < -0.3 is 32.5 Å². The molecule has 8 N–H and O–H groups in total.